The standard InChI is InChI=1S/C8H4BrClF5N/c9-1-3-5(10)4(8(13,14)15)2-16-6(3)7(11)12/h2,7H,1H2. The van der Waals surface area contributed by atoms with Crippen LogP contribution in [-0.4, -0.2) is 4.98 Å². The lowest BCUT2D eigenvalue weighted by molar-refractivity contribution is -0.137. The Balaban J connectivity index is 3.41. The smallest absolute Gasteiger partial charge is 0.254 e. The van der Waals surface area contributed by atoms with Crippen LogP contribution in [0.15, 0.2) is 6.20 Å². The van der Waals surface area contributed by atoms with Crippen LogP contribution in [0, 0.1) is 0 Å². The minimum Gasteiger partial charge on any atom is -0.254 e. The minimum absolute atomic E-state index is 0.220. The van der Waals surface area contributed by atoms with Gasteiger partial charge in [0.1, 0.15) is 5.69 Å². The number of hydrogen-bond donors (Lipinski definition) is 0. The van der Waals surface area contributed by atoms with Crippen LogP contribution < -0.4 is 0 Å². The van der Waals surface area contributed by atoms with E-state index in [4.69, 9.17) is 11.6 Å². The Bertz CT molecular complexity index is 393. The minimum atomic E-state index is -4.71. The van der Waals surface area contributed by atoms with E-state index in [1.54, 1.807) is 0 Å². The Labute approximate surface area is 101 Å². The second-order valence-corrected chi connectivity index (χ2v) is 3.72. The molecule has 1 aromatic rings. The van der Waals surface area contributed by atoms with Gasteiger partial charge in [-0.1, -0.05) is 27.5 Å². The molecule has 1 nitrogen and oxygen atoms in total. The van der Waals surface area contributed by atoms with Gasteiger partial charge in [0.25, 0.3) is 6.43 Å². The van der Waals surface area contributed by atoms with Crippen LogP contribution in [0.3, 0.4) is 0 Å². The van der Waals surface area contributed by atoms with Gasteiger partial charge in [-0.3, -0.25) is 4.98 Å². The van der Waals surface area contributed by atoms with Crippen molar-refractivity contribution in [2.24, 2.45) is 0 Å². The fraction of sp³-hybridized carbons (Fsp3) is 0.375. The number of halogens is 7. The molecular formula is C8H4BrClF5N. The largest absolute Gasteiger partial charge is 0.419 e. The van der Waals surface area contributed by atoms with E-state index >= 15 is 0 Å². The molecule has 0 aliphatic carbocycles. The summed E-state index contributed by atoms with van der Waals surface area (Å²) in [5, 5.41) is -0.961. The summed E-state index contributed by atoms with van der Waals surface area (Å²) >= 11 is 8.22. The zero-order valence-corrected chi connectivity index (χ0v) is 9.80. The van der Waals surface area contributed by atoms with Gasteiger partial charge >= 0.3 is 6.18 Å². The highest BCUT2D eigenvalue weighted by atomic mass is 79.9. The maximum Gasteiger partial charge on any atom is 0.419 e. The van der Waals surface area contributed by atoms with Gasteiger partial charge in [-0.25, -0.2) is 8.78 Å². The fourth-order valence-electron chi connectivity index (χ4n) is 1.06. The number of aromatic nitrogens is 1. The third kappa shape index (κ3) is 2.63. The van der Waals surface area contributed by atoms with Crippen molar-refractivity contribution < 1.29 is 22.0 Å². The van der Waals surface area contributed by atoms with E-state index in [2.05, 4.69) is 20.9 Å². The Kier molecular flexibility index (Phi) is 4.12. The van der Waals surface area contributed by atoms with E-state index in [-0.39, 0.29) is 10.9 Å². The fourth-order valence-corrected chi connectivity index (χ4v) is 2.11. The van der Waals surface area contributed by atoms with E-state index in [0.29, 0.717) is 6.20 Å². The molecule has 1 aromatic heterocycles. The van der Waals surface area contributed by atoms with Crippen molar-refractivity contribution in [3.63, 3.8) is 0 Å². The monoisotopic (exact) mass is 323 g/mol. The predicted molar refractivity (Wildman–Crippen MR) is 51.8 cm³/mol. The molecule has 0 fully saturated rings. The van der Waals surface area contributed by atoms with Crippen LogP contribution in [0.2, 0.25) is 5.02 Å². The van der Waals surface area contributed by atoms with Crippen LogP contribution in [0.4, 0.5) is 22.0 Å². The molecule has 0 aliphatic heterocycles. The molecule has 1 heterocycles. The summed E-state index contributed by atoms with van der Waals surface area (Å²) in [5.41, 5.74) is -2.30. The van der Waals surface area contributed by atoms with Gasteiger partial charge in [-0.15, -0.1) is 0 Å². The first kappa shape index (κ1) is 13.6. The quantitative estimate of drug-likeness (QED) is 0.573. The number of alkyl halides is 6. The normalized spacial score (nSPS) is 12.2. The van der Waals surface area contributed by atoms with Gasteiger partial charge in [0, 0.05) is 17.1 Å². The highest BCUT2D eigenvalue weighted by Crippen LogP contribution is 2.38. The van der Waals surface area contributed by atoms with Crippen molar-refractivity contribution in [2.45, 2.75) is 17.9 Å². The molecule has 0 spiro atoms. The van der Waals surface area contributed by atoms with Gasteiger partial charge in [-0.2, -0.15) is 13.2 Å². The molecule has 0 atom stereocenters. The van der Waals surface area contributed by atoms with Gasteiger partial charge in [0.15, 0.2) is 0 Å². The first-order valence-electron chi connectivity index (χ1n) is 3.87. The average molecular weight is 324 g/mol. The number of hydrogen-bond acceptors (Lipinski definition) is 1. The van der Waals surface area contributed by atoms with Crippen LogP contribution in [0.25, 0.3) is 0 Å². The molecule has 90 valence electrons. The molecule has 0 amide bonds. The molecule has 0 saturated heterocycles. The first-order valence-corrected chi connectivity index (χ1v) is 5.37. The van der Waals surface area contributed by atoms with Crippen LogP contribution >= 0.6 is 27.5 Å². The number of pyridine rings is 1. The van der Waals surface area contributed by atoms with Crippen molar-refractivity contribution in [3.8, 4) is 0 Å². The summed E-state index contributed by atoms with van der Waals surface area (Å²) in [4.78, 5) is 3.09. The molecule has 8 heteroatoms. The Morgan fingerprint density at radius 3 is 2.31 bits per heavy atom. The van der Waals surface area contributed by atoms with E-state index in [0.717, 1.165) is 0 Å². The molecule has 0 saturated carbocycles. The predicted octanol–water partition coefficient (Wildman–Crippen LogP) is 4.59. The van der Waals surface area contributed by atoms with Gasteiger partial charge in [-0.05, 0) is 0 Å². The van der Waals surface area contributed by atoms with Crippen LogP contribution in [0.5, 0.6) is 0 Å². The molecular weight excluding hydrogens is 320 g/mol. The molecule has 0 aliphatic rings. The number of nitrogens with zero attached hydrogens (tertiary/aromatic N) is 1. The van der Waals surface area contributed by atoms with Gasteiger partial charge < -0.3 is 0 Å². The Morgan fingerprint density at radius 1 is 1.38 bits per heavy atom. The second-order valence-electron chi connectivity index (χ2n) is 2.78. The second kappa shape index (κ2) is 4.83. The van der Waals surface area contributed by atoms with Crippen molar-refractivity contribution in [1.29, 1.82) is 0 Å². The molecule has 1 rings (SSSR count). The molecule has 0 unspecified atom stereocenters. The van der Waals surface area contributed by atoms with Crippen molar-refractivity contribution in [1.82, 2.24) is 4.98 Å². The van der Waals surface area contributed by atoms with Crippen molar-refractivity contribution in [3.05, 3.63) is 28.0 Å². The molecule has 0 aromatic carbocycles. The zero-order chi connectivity index (χ0) is 12.5. The van der Waals surface area contributed by atoms with Crippen LogP contribution in [-0.2, 0) is 11.5 Å². The van der Waals surface area contributed by atoms with Crippen LogP contribution in [0.1, 0.15) is 23.2 Å². The summed E-state index contributed by atoms with van der Waals surface area (Å²) in [6.45, 7) is 0. The molecule has 16 heavy (non-hydrogen) atoms. The van der Waals surface area contributed by atoms with Crippen molar-refractivity contribution in [2.75, 3.05) is 0 Å². The maximum absolute atomic E-state index is 12.4. The topological polar surface area (TPSA) is 12.9 Å². The molecule has 0 bridgehead atoms. The third-order valence-corrected chi connectivity index (χ3v) is 2.78. The summed E-state index contributed by atoms with van der Waals surface area (Å²) < 4.78 is 61.9. The summed E-state index contributed by atoms with van der Waals surface area (Å²) in [6.07, 6.45) is -7.36. The zero-order valence-electron chi connectivity index (χ0n) is 7.45. The molecule has 0 N–H and O–H groups in total. The molecule has 0 radical (unpaired) electrons. The van der Waals surface area contributed by atoms with Gasteiger partial charge in [0.05, 0.1) is 10.6 Å². The van der Waals surface area contributed by atoms with E-state index in [9.17, 15) is 22.0 Å². The van der Waals surface area contributed by atoms with E-state index in [1.165, 1.54) is 0 Å². The maximum atomic E-state index is 12.4. The summed E-state index contributed by atoms with van der Waals surface area (Å²) in [7, 11) is 0. The first-order chi connectivity index (χ1) is 7.29. The third-order valence-electron chi connectivity index (χ3n) is 1.79. The summed E-state index contributed by atoms with van der Waals surface area (Å²) in [5.74, 6) is 0. The van der Waals surface area contributed by atoms with Gasteiger partial charge in [0.2, 0.25) is 0 Å². The highest BCUT2D eigenvalue weighted by Gasteiger charge is 2.36. The Hall–Kier alpha value is -0.430. The van der Waals surface area contributed by atoms with E-state index in [1.807, 2.05) is 0 Å². The SMILES string of the molecule is FC(F)c1ncc(C(F)(F)F)c(Cl)c1CBr. The van der Waals surface area contributed by atoms with E-state index < -0.39 is 28.9 Å². The Morgan fingerprint density at radius 2 is 1.94 bits per heavy atom. The number of rotatable bonds is 2. The average Bonchev–Trinajstić information content (AvgIpc) is 2.14. The van der Waals surface area contributed by atoms with Crippen molar-refractivity contribution >= 4 is 27.5 Å². The lowest BCUT2D eigenvalue weighted by atomic mass is 10.1. The highest BCUT2D eigenvalue weighted by molar-refractivity contribution is 9.08. The lowest BCUT2D eigenvalue weighted by Crippen LogP contribution is -2.10. The lowest BCUT2D eigenvalue weighted by Gasteiger charge is -2.13. The summed E-state index contributed by atoms with van der Waals surface area (Å²) in [6, 6.07) is 0.